The fraction of sp³-hybridized carbons (Fsp3) is 0.0833. The maximum absolute atomic E-state index is 13.3. The molecular formula is C24H19FS. The molecule has 3 aromatic carbocycles. The lowest BCUT2D eigenvalue weighted by Crippen LogP contribution is -1.95. The molecule has 3 aromatic rings. The van der Waals surface area contributed by atoms with Crippen molar-refractivity contribution in [3.8, 4) is 11.1 Å². The average molecular weight is 358 g/mol. The minimum absolute atomic E-state index is 0.00163. The minimum atomic E-state index is -0.231. The summed E-state index contributed by atoms with van der Waals surface area (Å²) in [5, 5.41) is 0. The molecule has 1 atom stereocenters. The van der Waals surface area contributed by atoms with Gasteiger partial charge in [-0.25, -0.2) is 4.39 Å². The van der Waals surface area contributed by atoms with Crippen molar-refractivity contribution in [3.05, 3.63) is 102 Å². The summed E-state index contributed by atoms with van der Waals surface area (Å²) in [6.45, 7) is 10.7. The lowest BCUT2D eigenvalue weighted by molar-refractivity contribution is 0.627. The van der Waals surface area contributed by atoms with Crippen LogP contribution in [0.3, 0.4) is 0 Å². The van der Waals surface area contributed by atoms with Gasteiger partial charge in [0.2, 0.25) is 0 Å². The second-order valence-corrected chi connectivity index (χ2v) is 7.31. The summed E-state index contributed by atoms with van der Waals surface area (Å²) in [4.78, 5) is 0.960. The number of allylic oxidation sites excluding steroid dienone is 2. The summed E-state index contributed by atoms with van der Waals surface area (Å²) in [5.41, 5.74) is 8.84. The van der Waals surface area contributed by atoms with Crippen LogP contribution in [-0.4, -0.2) is 0 Å². The molecule has 0 fully saturated rings. The summed E-state index contributed by atoms with van der Waals surface area (Å²) in [5.74, 6) is -0.229. The molecule has 0 aromatic heterocycles. The van der Waals surface area contributed by atoms with Crippen LogP contribution in [0.15, 0.2) is 78.7 Å². The minimum Gasteiger partial charge on any atom is -0.207 e. The summed E-state index contributed by atoms with van der Waals surface area (Å²) in [6, 6.07) is 19.2. The van der Waals surface area contributed by atoms with Crippen molar-refractivity contribution in [2.45, 2.75) is 17.7 Å². The third-order valence-corrected chi connectivity index (χ3v) is 5.41. The number of benzene rings is 3. The van der Waals surface area contributed by atoms with E-state index in [1.165, 1.54) is 23.3 Å². The van der Waals surface area contributed by atoms with Gasteiger partial charge in [0.1, 0.15) is 5.82 Å². The Morgan fingerprint density at radius 2 is 1.46 bits per heavy atom. The van der Waals surface area contributed by atoms with Crippen LogP contribution in [0.4, 0.5) is 4.39 Å². The molecule has 0 nitrogen and oxygen atoms in total. The van der Waals surface area contributed by atoms with Gasteiger partial charge < -0.3 is 0 Å². The van der Waals surface area contributed by atoms with Crippen molar-refractivity contribution in [3.63, 3.8) is 0 Å². The quantitative estimate of drug-likeness (QED) is 0.473. The zero-order chi connectivity index (χ0) is 18.4. The highest BCUT2D eigenvalue weighted by Crippen LogP contribution is 2.50. The predicted octanol–water partition coefficient (Wildman–Crippen LogP) is 6.91. The lowest BCUT2D eigenvalue weighted by atomic mass is 9.90. The number of rotatable bonds is 2. The molecule has 0 N–H and O–H groups in total. The van der Waals surface area contributed by atoms with Crippen molar-refractivity contribution in [1.82, 2.24) is 0 Å². The van der Waals surface area contributed by atoms with Gasteiger partial charge in [0.25, 0.3) is 0 Å². The molecule has 0 heterocycles. The van der Waals surface area contributed by atoms with E-state index in [1.54, 1.807) is 0 Å². The first-order chi connectivity index (χ1) is 12.5. The molecule has 2 heteroatoms. The SMILES string of the molecule is C=C1c2ccc(-c3ccc(S)cc3C)cc2C(=C)C1c1ccc(F)cc1. The zero-order valence-corrected chi connectivity index (χ0v) is 15.5. The fourth-order valence-corrected chi connectivity index (χ4v) is 4.08. The van der Waals surface area contributed by atoms with Gasteiger partial charge in [-0.05, 0) is 81.8 Å². The molecule has 0 spiro atoms. The number of hydrogen-bond donors (Lipinski definition) is 1. The Labute approximate surface area is 159 Å². The number of thiol groups is 1. The summed E-state index contributed by atoms with van der Waals surface area (Å²) < 4.78 is 13.3. The highest BCUT2D eigenvalue weighted by Gasteiger charge is 2.30. The summed E-state index contributed by atoms with van der Waals surface area (Å²) in [7, 11) is 0. The largest absolute Gasteiger partial charge is 0.207 e. The van der Waals surface area contributed by atoms with Crippen molar-refractivity contribution in [1.29, 1.82) is 0 Å². The van der Waals surface area contributed by atoms with Crippen molar-refractivity contribution in [2.75, 3.05) is 0 Å². The van der Waals surface area contributed by atoms with E-state index in [0.29, 0.717) is 0 Å². The normalized spacial score (nSPS) is 16.0. The molecule has 4 rings (SSSR count). The van der Waals surface area contributed by atoms with Gasteiger partial charge in [0.05, 0.1) is 0 Å². The Kier molecular flexibility index (Phi) is 4.08. The monoisotopic (exact) mass is 358 g/mol. The van der Waals surface area contributed by atoms with E-state index >= 15 is 0 Å². The zero-order valence-electron chi connectivity index (χ0n) is 14.6. The van der Waals surface area contributed by atoms with Crippen molar-refractivity contribution >= 4 is 23.8 Å². The van der Waals surface area contributed by atoms with E-state index < -0.39 is 0 Å². The van der Waals surface area contributed by atoms with Gasteiger partial charge in [-0.15, -0.1) is 12.6 Å². The number of halogens is 1. The number of hydrogen-bond acceptors (Lipinski definition) is 1. The van der Waals surface area contributed by atoms with E-state index in [4.69, 9.17) is 0 Å². The van der Waals surface area contributed by atoms with Gasteiger partial charge in [-0.2, -0.15) is 0 Å². The molecule has 0 aliphatic heterocycles. The van der Waals surface area contributed by atoms with Crippen LogP contribution in [0, 0.1) is 12.7 Å². The second-order valence-electron chi connectivity index (χ2n) is 6.79. The van der Waals surface area contributed by atoms with Crippen molar-refractivity contribution in [2.24, 2.45) is 0 Å². The Hall–Kier alpha value is -2.58. The second kappa shape index (κ2) is 6.30. The maximum atomic E-state index is 13.3. The maximum Gasteiger partial charge on any atom is 0.123 e. The molecule has 0 saturated carbocycles. The molecule has 0 radical (unpaired) electrons. The van der Waals surface area contributed by atoms with E-state index in [-0.39, 0.29) is 11.7 Å². The van der Waals surface area contributed by atoms with E-state index in [9.17, 15) is 4.39 Å². The Balaban J connectivity index is 1.78. The molecule has 1 aliphatic rings. The van der Waals surface area contributed by atoms with Gasteiger partial charge in [0, 0.05) is 10.8 Å². The third kappa shape index (κ3) is 2.71. The lowest BCUT2D eigenvalue weighted by Gasteiger charge is -2.13. The van der Waals surface area contributed by atoms with Crippen LogP contribution in [0.1, 0.15) is 28.2 Å². The smallest absolute Gasteiger partial charge is 0.123 e. The van der Waals surface area contributed by atoms with E-state index in [1.807, 2.05) is 18.2 Å². The number of aryl methyl sites for hydroxylation is 1. The molecule has 128 valence electrons. The standard InChI is InChI=1S/C24H19FS/c1-14-12-20(26)9-11-21(14)18-6-10-22-15(2)24(16(3)23(22)13-18)17-4-7-19(25)8-5-17/h4-13,24,26H,2-3H2,1H3. The first kappa shape index (κ1) is 16.9. The molecule has 1 unspecified atom stereocenters. The van der Waals surface area contributed by atoms with Crippen LogP contribution in [0.5, 0.6) is 0 Å². The van der Waals surface area contributed by atoms with Gasteiger partial charge >= 0.3 is 0 Å². The molecule has 0 amide bonds. The van der Waals surface area contributed by atoms with E-state index in [0.717, 1.165) is 38.3 Å². The topological polar surface area (TPSA) is 0 Å². The fourth-order valence-electron chi connectivity index (χ4n) is 3.81. The van der Waals surface area contributed by atoms with Gasteiger partial charge in [-0.1, -0.05) is 43.5 Å². The highest BCUT2D eigenvalue weighted by molar-refractivity contribution is 7.80. The summed E-state index contributed by atoms with van der Waals surface area (Å²) in [6.07, 6.45) is 0. The Bertz CT molecular complexity index is 1040. The van der Waals surface area contributed by atoms with E-state index in [2.05, 4.69) is 63.0 Å². The van der Waals surface area contributed by atoms with Crippen LogP contribution in [0.2, 0.25) is 0 Å². The molecule has 0 saturated heterocycles. The van der Waals surface area contributed by atoms with Crippen molar-refractivity contribution < 1.29 is 4.39 Å². The van der Waals surface area contributed by atoms with Gasteiger partial charge in [0.15, 0.2) is 0 Å². The van der Waals surface area contributed by atoms with Crippen LogP contribution in [0.25, 0.3) is 22.3 Å². The molecule has 1 aliphatic carbocycles. The van der Waals surface area contributed by atoms with Crippen LogP contribution in [-0.2, 0) is 0 Å². The van der Waals surface area contributed by atoms with Gasteiger partial charge in [-0.3, -0.25) is 0 Å². The first-order valence-electron chi connectivity index (χ1n) is 8.53. The Morgan fingerprint density at radius 3 is 2.15 bits per heavy atom. The average Bonchev–Trinajstić information content (AvgIpc) is 2.86. The summed E-state index contributed by atoms with van der Waals surface area (Å²) >= 11 is 4.41. The highest BCUT2D eigenvalue weighted by atomic mass is 32.1. The molecule has 0 bridgehead atoms. The first-order valence-corrected chi connectivity index (χ1v) is 8.98. The molecular weight excluding hydrogens is 339 g/mol. The molecule has 26 heavy (non-hydrogen) atoms. The Morgan fingerprint density at radius 1 is 0.808 bits per heavy atom. The van der Waals surface area contributed by atoms with Crippen LogP contribution < -0.4 is 0 Å². The predicted molar refractivity (Wildman–Crippen MR) is 111 cm³/mol. The third-order valence-electron chi connectivity index (χ3n) is 5.13. The van der Waals surface area contributed by atoms with Crippen LogP contribution >= 0.6 is 12.6 Å². The number of fused-ring (bicyclic) bond motifs is 1.